The molecular formula is C9H10ClN3. The summed E-state index contributed by atoms with van der Waals surface area (Å²) in [6.07, 6.45) is 3.53. The van der Waals surface area contributed by atoms with E-state index in [1.807, 2.05) is 24.6 Å². The lowest BCUT2D eigenvalue weighted by Crippen LogP contribution is -1.97. The Labute approximate surface area is 81.4 Å². The first-order valence-corrected chi connectivity index (χ1v) is 4.54. The maximum Gasteiger partial charge on any atom is 0.127 e. The lowest BCUT2D eigenvalue weighted by atomic mass is 10.4. The predicted molar refractivity (Wildman–Crippen MR) is 52.8 cm³/mol. The number of halogens is 1. The maximum absolute atomic E-state index is 5.98. The van der Waals surface area contributed by atoms with Gasteiger partial charge in [-0.05, 0) is 13.0 Å². The summed E-state index contributed by atoms with van der Waals surface area (Å²) in [5.41, 5.74) is 1.96. The van der Waals surface area contributed by atoms with Gasteiger partial charge in [-0.2, -0.15) is 0 Å². The third-order valence-corrected chi connectivity index (χ3v) is 2.27. The topological polar surface area (TPSA) is 30.7 Å². The van der Waals surface area contributed by atoms with Crippen molar-refractivity contribution in [2.75, 3.05) is 0 Å². The monoisotopic (exact) mass is 195 g/mol. The average molecular weight is 196 g/mol. The molecule has 0 aromatic carbocycles. The van der Waals surface area contributed by atoms with E-state index in [0.717, 1.165) is 16.9 Å². The third kappa shape index (κ3) is 1.29. The Morgan fingerprint density at radius 2 is 2.31 bits per heavy atom. The van der Waals surface area contributed by atoms with Crippen molar-refractivity contribution in [3.63, 3.8) is 0 Å². The molecule has 0 spiro atoms. The number of aromatic nitrogens is 3. The zero-order valence-corrected chi connectivity index (χ0v) is 8.28. The molecule has 1 atom stereocenters. The minimum atomic E-state index is -0.0719. The van der Waals surface area contributed by atoms with Gasteiger partial charge in [-0.15, -0.1) is 11.6 Å². The summed E-state index contributed by atoms with van der Waals surface area (Å²) >= 11 is 5.98. The number of fused-ring (bicyclic) bond motifs is 1. The van der Waals surface area contributed by atoms with Crippen molar-refractivity contribution in [2.45, 2.75) is 12.3 Å². The highest BCUT2D eigenvalue weighted by molar-refractivity contribution is 6.20. The van der Waals surface area contributed by atoms with Crippen molar-refractivity contribution in [3.05, 3.63) is 24.3 Å². The van der Waals surface area contributed by atoms with Crippen LogP contribution in [-0.2, 0) is 7.05 Å². The van der Waals surface area contributed by atoms with Crippen LogP contribution in [0.1, 0.15) is 18.1 Å². The zero-order valence-electron chi connectivity index (χ0n) is 7.53. The van der Waals surface area contributed by atoms with Gasteiger partial charge in [-0.3, -0.25) is 4.98 Å². The maximum atomic E-state index is 5.98. The Morgan fingerprint density at radius 1 is 1.54 bits per heavy atom. The number of nitrogens with zero attached hydrogens (tertiary/aromatic N) is 3. The molecule has 2 aromatic rings. The smallest absolute Gasteiger partial charge is 0.127 e. The highest BCUT2D eigenvalue weighted by atomic mass is 35.5. The Bertz CT molecular complexity index is 433. The van der Waals surface area contributed by atoms with Crippen molar-refractivity contribution >= 4 is 22.6 Å². The van der Waals surface area contributed by atoms with Gasteiger partial charge in [0.2, 0.25) is 0 Å². The van der Waals surface area contributed by atoms with Crippen molar-refractivity contribution in [2.24, 2.45) is 7.05 Å². The van der Waals surface area contributed by atoms with Gasteiger partial charge in [-0.25, -0.2) is 4.98 Å². The van der Waals surface area contributed by atoms with E-state index in [0.29, 0.717) is 0 Å². The van der Waals surface area contributed by atoms with Gasteiger partial charge in [0, 0.05) is 13.2 Å². The summed E-state index contributed by atoms with van der Waals surface area (Å²) in [5, 5.41) is -0.0719. The second-order valence-electron chi connectivity index (χ2n) is 3.01. The third-order valence-electron chi connectivity index (χ3n) is 2.07. The van der Waals surface area contributed by atoms with Crippen LogP contribution in [0.4, 0.5) is 0 Å². The van der Waals surface area contributed by atoms with E-state index in [4.69, 9.17) is 11.6 Å². The normalized spacial score (nSPS) is 13.5. The molecule has 2 rings (SSSR count). The fourth-order valence-corrected chi connectivity index (χ4v) is 1.60. The van der Waals surface area contributed by atoms with Gasteiger partial charge in [0.25, 0.3) is 0 Å². The number of rotatable bonds is 1. The van der Waals surface area contributed by atoms with E-state index < -0.39 is 0 Å². The molecule has 0 N–H and O–H groups in total. The van der Waals surface area contributed by atoms with E-state index >= 15 is 0 Å². The number of alkyl halides is 1. The molecular weight excluding hydrogens is 186 g/mol. The SMILES string of the molecule is CC(Cl)c1nc2ccncc2n1C. The van der Waals surface area contributed by atoms with Crippen molar-refractivity contribution < 1.29 is 0 Å². The first-order valence-electron chi connectivity index (χ1n) is 4.10. The zero-order chi connectivity index (χ0) is 9.42. The van der Waals surface area contributed by atoms with Crippen molar-refractivity contribution in [3.8, 4) is 0 Å². The second-order valence-corrected chi connectivity index (χ2v) is 3.66. The molecule has 0 fully saturated rings. The van der Waals surface area contributed by atoms with E-state index in [1.165, 1.54) is 0 Å². The van der Waals surface area contributed by atoms with E-state index in [2.05, 4.69) is 9.97 Å². The summed E-state index contributed by atoms with van der Waals surface area (Å²) in [7, 11) is 1.95. The van der Waals surface area contributed by atoms with Crippen LogP contribution >= 0.6 is 11.6 Å². The first-order chi connectivity index (χ1) is 6.20. The summed E-state index contributed by atoms with van der Waals surface area (Å²) in [4.78, 5) is 8.45. The van der Waals surface area contributed by atoms with Crippen LogP contribution in [0.2, 0.25) is 0 Å². The van der Waals surface area contributed by atoms with Gasteiger partial charge in [0.15, 0.2) is 0 Å². The molecule has 2 aromatic heterocycles. The number of hydrogen-bond acceptors (Lipinski definition) is 2. The number of imidazole rings is 1. The minimum Gasteiger partial charge on any atom is -0.329 e. The Kier molecular flexibility index (Phi) is 1.96. The number of aryl methyl sites for hydroxylation is 1. The molecule has 68 valence electrons. The summed E-state index contributed by atoms with van der Waals surface area (Å²) < 4.78 is 1.97. The van der Waals surface area contributed by atoms with Gasteiger partial charge in [-0.1, -0.05) is 0 Å². The van der Waals surface area contributed by atoms with Gasteiger partial charge in [0.05, 0.1) is 22.6 Å². The quantitative estimate of drug-likeness (QED) is 0.654. The molecule has 13 heavy (non-hydrogen) atoms. The molecule has 0 radical (unpaired) electrons. The van der Waals surface area contributed by atoms with E-state index in [1.54, 1.807) is 12.4 Å². The summed E-state index contributed by atoms with van der Waals surface area (Å²) in [6.45, 7) is 1.91. The fourth-order valence-electron chi connectivity index (χ4n) is 1.41. The second kappa shape index (κ2) is 3.00. The molecule has 3 nitrogen and oxygen atoms in total. The molecule has 4 heteroatoms. The Morgan fingerprint density at radius 3 is 2.92 bits per heavy atom. The fraction of sp³-hybridized carbons (Fsp3) is 0.333. The first kappa shape index (κ1) is 8.51. The highest BCUT2D eigenvalue weighted by Gasteiger charge is 2.11. The van der Waals surface area contributed by atoms with Crippen LogP contribution in [0, 0.1) is 0 Å². The Hall–Kier alpha value is -1.09. The lowest BCUT2D eigenvalue weighted by molar-refractivity contribution is 0.811. The van der Waals surface area contributed by atoms with Crippen molar-refractivity contribution in [1.82, 2.24) is 14.5 Å². The van der Waals surface area contributed by atoms with Crippen molar-refractivity contribution in [1.29, 1.82) is 0 Å². The molecule has 0 saturated carbocycles. The molecule has 1 unspecified atom stereocenters. The van der Waals surface area contributed by atoms with Gasteiger partial charge < -0.3 is 4.57 Å². The van der Waals surface area contributed by atoms with Crippen LogP contribution in [0.25, 0.3) is 11.0 Å². The molecule has 0 aliphatic carbocycles. The molecule has 0 saturated heterocycles. The highest BCUT2D eigenvalue weighted by Crippen LogP contribution is 2.22. The van der Waals surface area contributed by atoms with Crippen LogP contribution < -0.4 is 0 Å². The van der Waals surface area contributed by atoms with Gasteiger partial charge in [0.1, 0.15) is 5.82 Å². The van der Waals surface area contributed by atoms with Crippen LogP contribution in [0.5, 0.6) is 0 Å². The Balaban J connectivity index is 2.74. The average Bonchev–Trinajstić information content (AvgIpc) is 2.45. The number of hydrogen-bond donors (Lipinski definition) is 0. The largest absolute Gasteiger partial charge is 0.329 e. The van der Waals surface area contributed by atoms with Crippen LogP contribution in [0.3, 0.4) is 0 Å². The number of pyridine rings is 1. The van der Waals surface area contributed by atoms with Crippen LogP contribution in [0.15, 0.2) is 18.5 Å². The van der Waals surface area contributed by atoms with E-state index in [9.17, 15) is 0 Å². The molecule has 2 heterocycles. The summed E-state index contributed by atoms with van der Waals surface area (Å²) in [5.74, 6) is 0.879. The van der Waals surface area contributed by atoms with Crippen LogP contribution in [-0.4, -0.2) is 14.5 Å². The van der Waals surface area contributed by atoms with E-state index in [-0.39, 0.29) is 5.38 Å². The van der Waals surface area contributed by atoms with Gasteiger partial charge >= 0.3 is 0 Å². The minimum absolute atomic E-state index is 0.0719. The molecule has 0 aliphatic heterocycles. The lowest BCUT2D eigenvalue weighted by Gasteiger charge is -2.02. The molecule has 0 amide bonds. The molecule has 0 aliphatic rings. The predicted octanol–water partition coefficient (Wildman–Crippen LogP) is 2.27. The summed E-state index contributed by atoms with van der Waals surface area (Å²) in [6, 6.07) is 1.89. The molecule has 0 bridgehead atoms. The standard InChI is InChI=1S/C9H10ClN3/c1-6(10)9-12-7-3-4-11-5-8(7)13(9)2/h3-6H,1-2H3.